The fourth-order valence-electron chi connectivity index (χ4n) is 1.36. The third-order valence-electron chi connectivity index (χ3n) is 2.69. The smallest absolute Gasteiger partial charge is 0.333 e. The van der Waals surface area contributed by atoms with E-state index in [0.29, 0.717) is 5.92 Å². The molecule has 1 rings (SSSR count). The summed E-state index contributed by atoms with van der Waals surface area (Å²) in [5, 5.41) is 9.75. The van der Waals surface area contributed by atoms with Gasteiger partial charge in [0.05, 0.1) is 0 Å². The molecule has 0 amide bonds. The van der Waals surface area contributed by atoms with Crippen molar-refractivity contribution in [3.05, 3.63) is 35.4 Å². The molecule has 0 spiro atoms. The molecule has 1 aromatic carbocycles. The van der Waals surface area contributed by atoms with Crippen molar-refractivity contribution in [1.29, 1.82) is 0 Å². The van der Waals surface area contributed by atoms with E-state index in [2.05, 4.69) is 15.9 Å². The minimum atomic E-state index is -3.35. The lowest BCUT2D eigenvalue weighted by molar-refractivity contribution is -0.109. The first-order chi connectivity index (χ1) is 7.16. The molecule has 0 heterocycles. The molecule has 0 radical (unpaired) electrons. The highest BCUT2D eigenvalue weighted by Crippen LogP contribution is 2.42. The maximum Gasteiger partial charge on any atom is 0.333 e. The van der Waals surface area contributed by atoms with E-state index in [0.717, 1.165) is 12.5 Å². The van der Waals surface area contributed by atoms with Crippen molar-refractivity contribution in [3.63, 3.8) is 0 Å². The minimum Gasteiger partial charge on any atom is -0.378 e. The van der Waals surface area contributed by atoms with Gasteiger partial charge in [0.25, 0.3) is 0 Å². The van der Waals surface area contributed by atoms with Crippen LogP contribution in [-0.4, -0.2) is 9.94 Å². The predicted octanol–water partition coefficient (Wildman–Crippen LogP) is 4.01. The Hall–Kier alpha value is -0.480. The van der Waals surface area contributed by atoms with Crippen LogP contribution in [0.4, 0.5) is 8.78 Å². The Balaban J connectivity index is 3.07. The number of alkyl halides is 3. The summed E-state index contributed by atoms with van der Waals surface area (Å²) >= 11 is 2.20. The number of aliphatic hydroxyl groups is 1. The average Bonchev–Trinajstić information content (AvgIpc) is 2.16. The van der Waals surface area contributed by atoms with Gasteiger partial charge >= 0.3 is 4.83 Å². The molecule has 16 heavy (non-hydrogen) atoms. The van der Waals surface area contributed by atoms with Crippen molar-refractivity contribution in [2.24, 2.45) is 0 Å². The second-order valence-electron chi connectivity index (χ2n) is 4.35. The average molecular weight is 293 g/mol. The normalized spacial score (nSPS) is 16.2. The van der Waals surface area contributed by atoms with Gasteiger partial charge in [-0.1, -0.05) is 38.1 Å². The summed E-state index contributed by atoms with van der Waals surface area (Å²) < 4.78 is 26.2. The van der Waals surface area contributed by atoms with Crippen molar-refractivity contribution in [2.75, 3.05) is 0 Å². The van der Waals surface area contributed by atoms with E-state index in [1.807, 2.05) is 13.8 Å². The molecule has 1 atom stereocenters. The standard InChI is InChI=1S/C12H15BrF2O/c1-8(2)9-4-6-10(7-5-9)11(3,16)12(13,14)15/h4-8,16H,1-3H3. The molecule has 0 saturated heterocycles. The summed E-state index contributed by atoms with van der Waals surface area (Å²) in [5.41, 5.74) is -0.959. The number of hydrogen-bond donors (Lipinski definition) is 1. The van der Waals surface area contributed by atoms with Gasteiger partial charge in [0, 0.05) is 0 Å². The summed E-state index contributed by atoms with van der Waals surface area (Å²) in [6, 6.07) is 6.58. The zero-order valence-corrected chi connectivity index (χ0v) is 11.1. The molecule has 1 nitrogen and oxygen atoms in total. The van der Waals surface area contributed by atoms with Crippen LogP contribution in [0.2, 0.25) is 0 Å². The van der Waals surface area contributed by atoms with E-state index in [4.69, 9.17) is 0 Å². The third-order valence-corrected chi connectivity index (χ3v) is 3.46. The van der Waals surface area contributed by atoms with E-state index in [1.54, 1.807) is 12.1 Å². The zero-order valence-electron chi connectivity index (χ0n) is 9.47. The summed E-state index contributed by atoms with van der Waals surface area (Å²) in [6.07, 6.45) is 0. The molecule has 4 heteroatoms. The Morgan fingerprint density at radius 1 is 1.19 bits per heavy atom. The van der Waals surface area contributed by atoms with Crippen LogP contribution < -0.4 is 0 Å². The molecule has 0 aromatic heterocycles. The molecule has 1 N–H and O–H groups in total. The van der Waals surface area contributed by atoms with Crippen LogP contribution in [0.5, 0.6) is 0 Å². The lowest BCUT2D eigenvalue weighted by atomic mass is 9.93. The fraction of sp³-hybridized carbons (Fsp3) is 0.500. The molecule has 0 aliphatic heterocycles. The van der Waals surface area contributed by atoms with Gasteiger partial charge in [-0.3, -0.25) is 0 Å². The molecular weight excluding hydrogens is 278 g/mol. The van der Waals surface area contributed by atoms with Crippen molar-refractivity contribution >= 4 is 15.9 Å². The van der Waals surface area contributed by atoms with Gasteiger partial charge in [0.15, 0.2) is 5.60 Å². The van der Waals surface area contributed by atoms with Crippen molar-refractivity contribution < 1.29 is 13.9 Å². The van der Waals surface area contributed by atoms with E-state index >= 15 is 0 Å². The second kappa shape index (κ2) is 4.41. The Bertz CT molecular complexity index is 352. The van der Waals surface area contributed by atoms with Gasteiger partial charge in [-0.2, -0.15) is 8.78 Å². The second-order valence-corrected chi connectivity index (χ2v) is 5.34. The molecule has 90 valence electrons. The van der Waals surface area contributed by atoms with Gasteiger partial charge in [0.1, 0.15) is 0 Å². The van der Waals surface area contributed by atoms with E-state index in [1.165, 1.54) is 12.1 Å². The van der Waals surface area contributed by atoms with Gasteiger partial charge in [-0.15, -0.1) is 0 Å². The van der Waals surface area contributed by atoms with Crippen LogP contribution in [0.3, 0.4) is 0 Å². The number of rotatable bonds is 3. The Labute approximate surface area is 103 Å². The molecule has 0 saturated carbocycles. The van der Waals surface area contributed by atoms with E-state index < -0.39 is 10.4 Å². The number of halogens is 3. The predicted molar refractivity (Wildman–Crippen MR) is 64.0 cm³/mol. The largest absolute Gasteiger partial charge is 0.378 e. The van der Waals surface area contributed by atoms with Crippen LogP contribution in [0, 0.1) is 0 Å². The monoisotopic (exact) mass is 292 g/mol. The van der Waals surface area contributed by atoms with Gasteiger partial charge in [0.2, 0.25) is 0 Å². The van der Waals surface area contributed by atoms with Crippen LogP contribution in [0.1, 0.15) is 37.8 Å². The van der Waals surface area contributed by atoms with Crippen molar-refractivity contribution in [3.8, 4) is 0 Å². The lowest BCUT2D eigenvalue weighted by Gasteiger charge is -2.28. The van der Waals surface area contributed by atoms with Gasteiger partial charge < -0.3 is 5.11 Å². The topological polar surface area (TPSA) is 20.2 Å². The quantitative estimate of drug-likeness (QED) is 0.835. The molecule has 0 fully saturated rings. The summed E-state index contributed by atoms with van der Waals surface area (Å²) in [5.74, 6) is 0.337. The highest BCUT2D eigenvalue weighted by atomic mass is 79.9. The highest BCUT2D eigenvalue weighted by Gasteiger charge is 2.47. The first-order valence-electron chi connectivity index (χ1n) is 5.06. The molecule has 0 aliphatic carbocycles. The molecule has 0 aliphatic rings. The van der Waals surface area contributed by atoms with E-state index in [-0.39, 0.29) is 5.56 Å². The first-order valence-corrected chi connectivity index (χ1v) is 5.85. The number of hydrogen-bond acceptors (Lipinski definition) is 1. The summed E-state index contributed by atoms with van der Waals surface area (Å²) in [6.45, 7) is 5.13. The molecule has 0 bridgehead atoms. The first kappa shape index (κ1) is 13.6. The fourth-order valence-corrected chi connectivity index (χ4v) is 1.59. The van der Waals surface area contributed by atoms with Crippen LogP contribution in [-0.2, 0) is 5.60 Å². The van der Waals surface area contributed by atoms with Crippen LogP contribution in [0.25, 0.3) is 0 Å². The number of benzene rings is 1. The molecular formula is C12H15BrF2O. The maximum absolute atomic E-state index is 13.1. The summed E-state index contributed by atoms with van der Waals surface area (Å²) in [4.78, 5) is -3.35. The van der Waals surface area contributed by atoms with E-state index in [9.17, 15) is 13.9 Å². The lowest BCUT2D eigenvalue weighted by Crippen LogP contribution is -2.37. The van der Waals surface area contributed by atoms with Gasteiger partial charge in [-0.25, -0.2) is 0 Å². The Morgan fingerprint density at radius 2 is 1.62 bits per heavy atom. The SMILES string of the molecule is CC(C)c1ccc(C(C)(O)C(F)(F)Br)cc1. The summed E-state index contributed by atoms with van der Waals surface area (Å²) in [7, 11) is 0. The van der Waals surface area contributed by atoms with Crippen LogP contribution in [0.15, 0.2) is 24.3 Å². The maximum atomic E-state index is 13.1. The van der Waals surface area contributed by atoms with Crippen molar-refractivity contribution in [2.45, 2.75) is 37.1 Å². The third kappa shape index (κ3) is 2.61. The molecule has 1 unspecified atom stereocenters. The van der Waals surface area contributed by atoms with Gasteiger partial charge in [-0.05, 0) is 39.9 Å². The van der Waals surface area contributed by atoms with Crippen LogP contribution >= 0.6 is 15.9 Å². The zero-order chi connectivity index (χ0) is 12.6. The van der Waals surface area contributed by atoms with Crippen molar-refractivity contribution in [1.82, 2.24) is 0 Å². The molecule has 1 aromatic rings. The highest BCUT2D eigenvalue weighted by molar-refractivity contribution is 9.10. The Morgan fingerprint density at radius 3 is 1.94 bits per heavy atom. The Kier molecular flexibility index (Phi) is 3.75. The minimum absolute atomic E-state index is 0.193.